The van der Waals surface area contributed by atoms with Gasteiger partial charge in [-0.1, -0.05) is 12.1 Å². The van der Waals surface area contributed by atoms with E-state index in [4.69, 9.17) is 9.47 Å². The average Bonchev–Trinajstić information content (AvgIpc) is 3.06. The van der Waals surface area contributed by atoms with Gasteiger partial charge in [-0.05, 0) is 19.1 Å². The fraction of sp³-hybridized carbons (Fsp3) is 0.176. The van der Waals surface area contributed by atoms with Crippen molar-refractivity contribution in [2.45, 2.75) is 13.2 Å². The van der Waals surface area contributed by atoms with Crippen LogP contribution in [0.3, 0.4) is 0 Å². The maximum atomic E-state index is 12.5. The highest BCUT2D eigenvalue weighted by molar-refractivity contribution is 6.24. The van der Waals surface area contributed by atoms with Gasteiger partial charge < -0.3 is 14.2 Å². The summed E-state index contributed by atoms with van der Waals surface area (Å²) in [5.74, 6) is -2.84. The summed E-state index contributed by atoms with van der Waals surface area (Å²) in [6, 6.07) is 6.18. The molecule has 0 aliphatic carbocycles. The van der Waals surface area contributed by atoms with E-state index in [1.54, 1.807) is 19.1 Å². The molecule has 2 amide bonds. The smallest absolute Gasteiger partial charge is 0.358 e. The highest BCUT2D eigenvalue weighted by Crippen LogP contribution is 2.27. The third kappa shape index (κ3) is 2.78. The molecule has 0 aromatic heterocycles. The molecule has 128 valence electrons. The molecule has 2 heterocycles. The number of hydrogen-bond donors (Lipinski definition) is 0. The van der Waals surface area contributed by atoms with Crippen LogP contribution in [0.2, 0.25) is 0 Å². The van der Waals surface area contributed by atoms with Crippen LogP contribution in [0.25, 0.3) is 0 Å². The minimum Gasteiger partial charge on any atom is -0.464 e. The van der Waals surface area contributed by atoms with E-state index in [9.17, 15) is 19.2 Å². The third-order valence-corrected chi connectivity index (χ3v) is 3.67. The van der Waals surface area contributed by atoms with Crippen molar-refractivity contribution >= 4 is 23.8 Å². The summed E-state index contributed by atoms with van der Waals surface area (Å²) >= 11 is 0. The van der Waals surface area contributed by atoms with Gasteiger partial charge >= 0.3 is 11.9 Å². The molecule has 0 radical (unpaired) electrons. The maximum Gasteiger partial charge on any atom is 0.358 e. The topological polar surface area (TPSA) is 99.2 Å². The molecule has 0 spiro atoms. The molecule has 2 aliphatic heterocycles. The Morgan fingerprint density at radius 2 is 1.76 bits per heavy atom. The van der Waals surface area contributed by atoms with Crippen molar-refractivity contribution in [3.8, 4) is 0 Å². The summed E-state index contributed by atoms with van der Waals surface area (Å²) in [5.41, 5.74) is 0.275. The van der Waals surface area contributed by atoms with E-state index < -0.39 is 35.7 Å². The van der Waals surface area contributed by atoms with E-state index in [-0.39, 0.29) is 11.1 Å². The molecule has 1 atom stereocenters. The van der Waals surface area contributed by atoms with Gasteiger partial charge in [0.2, 0.25) is 0 Å². The van der Waals surface area contributed by atoms with Crippen LogP contribution >= 0.6 is 0 Å². The summed E-state index contributed by atoms with van der Waals surface area (Å²) < 4.78 is 14.7. The van der Waals surface area contributed by atoms with Crippen LogP contribution in [0.15, 0.2) is 47.9 Å². The van der Waals surface area contributed by atoms with Crippen LogP contribution in [-0.2, 0) is 23.8 Å². The first-order chi connectivity index (χ1) is 11.9. The number of hydrogen-bond acceptors (Lipinski definition) is 7. The summed E-state index contributed by atoms with van der Waals surface area (Å²) in [6.07, 6.45) is 1.22. The molecule has 0 bridgehead atoms. The SMILES string of the molecule is COC(=O)/C(=C/OC1C=C(C)C(=O)O1)N1C(=O)c2ccccc2C1=O. The van der Waals surface area contributed by atoms with E-state index in [1.165, 1.54) is 18.2 Å². The Labute approximate surface area is 142 Å². The number of carbonyl (C=O) groups is 4. The number of methoxy groups -OCH3 is 1. The molecule has 2 aliphatic rings. The van der Waals surface area contributed by atoms with Gasteiger partial charge in [0.25, 0.3) is 18.1 Å². The number of rotatable bonds is 4. The van der Waals surface area contributed by atoms with Crippen LogP contribution in [0.5, 0.6) is 0 Å². The first-order valence-electron chi connectivity index (χ1n) is 7.25. The Morgan fingerprint density at radius 3 is 2.24 bits per heavy atom. The fourth-order valence-corrected chi connectivity index (χ4v) is 2.41. The van der Waals surface area contributed by atoms with E-state index in [0.717, 1.165) is 13.4 Å². The minimum atomic E-state index is -1.05. The van der Waals surface area contributed by atoms with Crippen molar-refractivity contribution < 1.29 is 33.4 Å². The Kier molecular flexibility index (Phi) is 4.10. The first-order valence-corrected chi connectivity index (χ1v) is 7.25. The zero-order chi connectivity index (χ0) is 18.1. The molecule has 1 aromatic carbocycles. The fourth-order valence-electron chi connectivity index (χ4n) is 2.41. The largest absolute Gasteiger partial charge is 0.464 e. The van der Waals surface area contributed by atoms with Crippen LogP contribution in [0.1, 0.15) is 27.6 Å². The second kappa shape index (κ2) is 6.23. The van der Waals surface area contributed by atoms with Gasteiger partial charge in [-0.15, -0.1) is 0 Å². The summed E-state index contributed by atoms with van der Waals surface area (Å²) in [5, 5.41) is 0. The average molecular weight is 343 g/mol. The number of imide groups is 1. The minimum absolute atomic E-state index is 0.172. The standard InChI is InChI=1S/C17H13NO7/c1-9-7-13(25-16(9)21)24-8-12(17(22)23-2)18-14(19)10-5-3-4-6-11(10)15(18)20/h3-8,13H,1-2H3/b12-8-. The predicted molar refractivity (Wildman–Crippen MR) is 81.8 cm³/mol. The van der Waals surface area contributed by atoms with Crippen LogP contribution in [0, 0.1) is 0 Å². The lowest BCUT2D eigenvalue weighted by Gasteiger charge is -2.16. The van der Waals surface area contributed by atoms with Gasteiger partial charge in [0, 0.05) is 11.6 Å². The molecule has 8 nitrogen and oxygen atoms in total. The van der Waals surface area contributed by atoms with Crippen LogP contribution < -0.4 is 0 Å². The predicted octanol–water partition coefficient (Wildman–Crippen LogP) is 1.14. The highest BCUT2D eigenvalue weighted by atomic mass is 16.7. The molecule has 0 fully saturated rings. The van der Waals surface area contributed by atoms with E-state index >= 15 is 0 Å². The maximum absolute atomic E-state index is 12.5. The monoisotopic (exact) mass is 343 g/mol. The van der Waals surface area contributed by atoms with Gasteiger partial charge in [0.15, 0.2) is 5.70 Å². The molecule has 0 saturated carbocycles. The lowest BCUT2D eigenvalue weighted by Crippen LogP contribution is -2.34. The van der Waals surface area contributed by atoms with Crippen molar-refractivity contribution in [3.63, 3.8) is 0 Å². The number of amides is 2. The normalized spacial score (nSPS) is 19.5. The molecule has 1 aromatic rings. The van der Waals surface area contributed by atoms with Crippen molar-refractivity contribution in [1.82, 2.24) is 4.90 Å². The molecule has 3 rings (SSSR count). The molecule has 1 unspecified atom stereocenters. The Morgan fingerprint density at radius 1 is 1.16 bits per heavy atom. The Balaban J connectivity index is 1.91. The molecular formula is C17H13NO7. The zero-order valence-corrected chi connectivity index (χ0v) is 13.3. The molecule has 0 N–H and O–H groups in total. The van der Waals surface area contributed by atoms with Crippen molar-refractivity contribution in [2.24, 2.45) is 0 Å². The number of cyclic esters (lactones) is 1. The van der Waals surface area contributed by atoms with Gasteiger partial charge in [-0.25, -0.2) is 14.5 Å². The van der Waals surface area contributed by atoms with E-state index in [0.29, 0.717) is 10.5 Å². The first kappa shape index (κ1) is 16.4. The van der Waals surface area contributed by atoms with E-state index in [1.807, 2.05) is 0 Å². The summed E-state index contributed by atoms with van der Waals surface area (Å²) in [7, 11) is 1.11. The number of benzene rings is 1. The van der Waals surface area contributed by atoms with Crippen LogP contribution in [-0.4, -0.2) is 42.1 Å². The lowest BCUT2D eigenvalue weighted by atomic mass is 10.1. The Bertz CT molecular complexity index is 817. The lowest BCUT2D eigenvalue weighted by molar-refractivity contribution is -0.152. The quantitative estimate of drug-likeness (QED) is 0.350. The number of fused-ring (bicyclic) bond motifs is 1. The van der Waals surface area contributed by atoms with Gasteiger partial charge in [-0.2, -0.15) is 0 Å². The van der Waals surface area contributed by atoms with Gasteiger partial charge in [0.05, 0.1) is 18.2 Å². The number of nitrogens with zero attached hydrogens (tertiary/aromatic N) is 1. The van der Waals surface area contributed by atoms with Crippen molar-refractivity contribution in [2.75, 3.05) is 7.11 Å². The zero-order valence-electron chi connectivity index (χ0n) is 13.3. The second-order valence-corrected chi connectivity index (χ2v) is 5.25. The van der Waals surface area contributed by atoms with Gasteiger partial charge in [0.1, 0.15) is 6.26 Å². The highest BCUT2D eigenvalue weighted by Gasteiger charge is 2.40. The number of ether oxygens (including phenoxy) is 3. The summed E-state index contributed by atoms with van der Waals surface area (Å²) in [4.78, 5) is 49.0. The van der Waals surface area contributed by atoms with E-state index in [2.05, 4.69) is 4.74 Å². The molecule has 0 saturated heterocycles. The summed E-state index contributed by atoms with van der Waals surface area (Å²) in [6.45, 7) is 1.54. The molecular weight excluding hydrogens is 330 g/mol. The number of carbonyl (C=O) groups excluding carboxylic acids is 4. The van der Waals surface area contributed by atoms with Crippen molar-refractivity contribution in [3.05, 3.63) is 59.0 Å². The second-order valence-electron chi connectivity index (χ2n) is 5.25. The van der Waals surface area contributed by atoms with Crippen LogP contribution in [0.4, 0.5) is 0 Å². The molecule has 25 heavy (non-hydrogen) atoms. The van der Waals surface area contributed by atoms with Crippen molar-refractivity contribution in [1.29, 1.82) is 0 Å². The third-order valence-electron chi connectivity index (χ3n) is 3.67. The number of esters is 2. The molecule has 8 heteroatoms. The Hall–Kier alpha value is -3.42. The van der Waals surface area contributed by atoms with Gasteiger partial charge in [-0.3, -0.25) is 9.59 Å².